The Bertz CT molecular complexity index is 455. The molecule has 1 saturated heterocycles. The van der Waals surface area contributed by atoms with E-state index in [0.29, 0.717) is 0 Å². The monoisotopic (exact) mass is 292 g/mol. The van der Waals surface area contributed by atoms with Crippen LogP contribution in [0.15, 0.2) is 24.3 Å². The Morgan fingerprint density at radius 1 is 1.48 bits per heavy atom. The second-order valence-corrected chi connectivity index (χ2v) is 5.39. The van der Waals surface area contributed by atoms with Crippen LogP contribution in [0, 0.1) is 0 Å². The molecule has 0 radical (unpaired) electrons. The predicted molar refractivity (Wildman–Crippen MR) is 81.2 cm³/mol. The summed E-state index contributed by atoms with van der Waals surface area (Å²) in [4.78, 5) is 13.3. The van der Waals surface area contributed by atoms with E-state index in [9.17, 15) is 4.79 Å². The summed E-state index contributed by atoms with van der Waals surface area (Å²) in [6.45, 7) is 8.06. The van der Waals surface area contributed by atoms with Crippen molar-refractivity contribution >= 4 is 5.97 Å². The first-order valence-electron chi connectivity index (χ1n) is 7.49. The lowest BCUT2D eigenvalue weighted by molar-refractivity contribution is -0.138. The lowest BCUT2D eigenvalue weighted by Gasteiger charge is -2.33. The smallest absolute Gasteiger partial charge is 0.310 e. The fourth-order valence-corrected chi connectivity index (χ4v) is 2.49. The van der Waals surface area contributed by atoms with Gasteiger partial charge >= 0.3 is 5.97 Å². The van der Waals surface area contributed by atoms with Crippen LogP contribution < -0.4 is 5.32 Å². The van der Waals surface area contributed by atoms with Crippen LogP contribution in [0.2, 0.25) is 0 Å². The van der Waals surface area contributed by atoms with Gasteiger partial charge in [-0.25, -0.2) is 0 Å². The van der Waals surface area contributed by atoms with Gasteiger partial charge in [0.05, 0.1) is 12.5 Å². The number of likely N-dealkylation sites (N-methyl/N-ethyl adjacent to an activating group) is 1. The average Bonchev–Trinajstić information content (AvgIpc) is 2.53. The largest absolute Gasteiger partial charge is 0.481 e. The molecule has 1 heterocycles. The van der Waals surface area contributed by atoms with Gasteiger partial charge in [0.1, 0.15) is 6.23 Å². The van der Waals surface area contributed by atoms with Gasteiger partial charge in [0.2, 0.25) is 0 Å². The van der Waals surface area contributed by atoms with Crippen molar-refractivity contribution in [3.05, 3.63) is 35.4 Å². The Morgan fingerprint density at radius 2 is 2.19 bits per heavy atom. The normalized spacial score (nSPS) is 20.4. The highest BCUT2D eigenvalue weighted by Crippen LogP contribution is 2.17. The maximum atomic E-state index is 11.0. The third-order valence-corrected chi connectivity index (χ3v) is 3.96. The molecule has 0 aromatic heterocycles. The third-order valence-electron chi connectivity index (χ3n) is 3.96. The van der Waals surface area contributed by atoms with Crippen LogP contribution in [0.25, 0.3) is 0 Å². The van der Waals surface area contributed by atoms with E-state index in [4.69, 9.17) is 9.84 Å². The second-order valence-electron chi connectivity index (χ2n) is 5.39. The zero-order chi connectivity index (χ0) is 15.2. The predicted octanol–water partition coefficient (Wildman–Crippen LogP) is 1.64. The summed E-state index contributed by atoms with van der Waals surface area (Å²) in [5.74, 6) is -1.26. The van der Waals surface area contributed by atoms with E-state index in [0.717, 1.165) is 38.3 Å². The van der Waals surface area contributed by atoms with Crippen molar-refractivity contribution in [2.24, 2.45) is 0 Å². The number of morpholine rings is 1. The Labute approximate surface area is 125 Å². The Balaban J connectivity index is 1.99. The van der Waals surface area contributed by atoms with Gasteiger partial charge in [-0.05, 0) is 24.6 Å². The zero-order valence-corrected chi connectivity index (χ0v) is 12.7. The van der Waals surface area contributed by atoms with Crippen LogP contribution >= 0.6 is 0 Å². The maximum Gasteiger partial charge on any atom is 0.310 e. The topological polar surface area (TPSA) is 61.8 Å². The molecule has 2 rings (SSSR count). The molecule has 5 heteroatoms. The zero-order valence-electron chi connectivity index (χ0n) is 12.7. The van der Waals surface area contributed by atoms with Crippen molar-refractivity contribution in [1.82, 2.24) is 10.2 Å². The lowest BCUT2D eigenvalue weighted by atomic mass is 10.00. The van der Waals surface area contributed by atoms with Crippen LogP contribution in [0.1, 0.15) is 30.9 Å². The van der Waals surface area contributed by atoms with Crippen LogP contribution in [-0.2, 0) is 16.1 Å². The summed E-state index contributed by atoms with van der Waals surface area (Å²) < 4.78 is 5.78. The molecule has 116 valence electrons. The number of carboxylic acid groups (broad SMARTS) is 1. The number of hydrogen-bond acceptors (Lipinski definition) is 4. The van der Waals surface area contributed by atoms with Gasteiger partial charge in [0.15, 0.2) is 0 Å². The molecule has 0 amide bonds. The number of benzene rings is 1. The highest BCUT2D eigenvalue weighted by atomic mass is 16.5. The van der Waals surface area contributed by atoms with Gasteiger partial charge in [-0.3, -0.25) is 9.69 Å². The molecular weight excluding hydrogens is 268 g/mol. The molecule has 2 N–H and O–H groups in total. The SMILES string of the molecule is CCN(Cc1ccc(C(C)C(=O)O)cc1)C1CNCCO1. The number of ether oxygens (including phenoxy) is 1. The van der Waals surface area contributed by atoms with E-state index in [1.165, 1.54) is 5.56 Å². The van der Waals surface area contributed by atoms with Gasteiger partial charge in [0, 0.05) is 19.6 Å². The van der Waals surface area contributed by atoms with E-state index in [2.05, 4.69) is 17.1 Å². The molecule has 5 nitrogen and oxygen atoms in total. The van der Waals surface area contributed by atoms with Crippen molar-refractivity contribution in [3.8, 4) is 0 Å². The average molecular weight is 292 g/mol. The highest BCUT2D eigenvalue weighted by Gasteiger charge is 2.20. The van der Waals surface area contributed by atoms with E-state index in [1.54, 1.807) is 6.92 Å². The molecular formula is C16H24N2O3. The number of carboxylic acids is 1. The molecule has 1 aromatic rings. The minimum Gasteiger partial charge on any atom is -0.481 e. The van der Waals surface area contributed by atoms with Gasteiger partial charge < -0.3 is 15.2 Å². The van der Waals surface area contributed by atoms with E-state index < -0.39 is 11.9 Å². The Kier molecular flexibility index (Phi) is 5.73. The summed E-state index contributed by atoms with van der Waals surface area (Å²) >= 11 is 0. The van der Waals surface area contributed by atoms with E-state index in [1.807, 2.05) is 24.3 Å². The van der Waals surface area contributed by atoms with Crippen molar-refractivity contribution in [1.29, 1.82) is 0 Å². The van der Waals surface area contributed by atoms with Crippen LogP contribution in [0.5, 0.6) is 0 Å². The molecule has 2 atom stereocenters. The molecule has 1 aliphatic heterocycles. The van der Waals surface area contributed by atoms with Crippen molar-refractivity contribution in [2.75, 3.05) is 26.2 Å². The van der Waals surface area contributed by atoms with Crippen LogP contribution in [0.3, 0.4) is 0 Å². The summed E-state index contributed by atoms with van der Waals surface area (Å²) in [6, 6.07) is 7.82. The minimum atomic E-state index is -0.792. The standard InChI is InChI=1S/C16H24N2O3/c1-3-18(15-10-17-8-9-21-15)11-13-4-6-14(7-5-13)12(2)16(19)20/h4-7,12,15,17H,3,8-11H2,1-2H3,(H,19,20). The van der Waals surface area contributed by atoms with Gasteiger partial charge in [-0.1, -0.05) is 31.2 Å². The van der Waals surface area contributed by atoms with Crippen molar-refractivity contribution in [2.45, 2.75) is 32.5 Å². The number of carbonyl (C=O) groups is 1. The van der Waals surface area contributed by atoms with E-state index in [-0.39, 0.29) is 6.23 Å². The summed E-state index contributed by atoms with van der Waals surface area (Å²) in [7, 11) is 0. The fourth-order valence-electron chi connectivity index (χ4n) is 2.49. The first-order chi connectivity index (χ1) is 10.1. The van der Waals surface area contributed by atoms with Crippen LogP contribution in [0.4, 0.5) is 0 Å². The fraction of sp³-hybridized carbons (Fsp3) is 0.562. The second kappa shape index (κ2) is 7.54. The summed E-state index contributed by atoms with van der Waals surface area (Å²) in [5.41, 5.74) is 2.01. The number of nitrogens with zero attached hydrogens (tertiary/aromatic N) is 1. The lowest BCUT2D eigenvalue weighted by Crippen LogP contribution is -2.48. The molecule has 0 bridgehead atoms. The molecule has 0 spiro atoms. The van der Waals surface area contributed by atoms with Crippen LogP contribution in [-0.4, -0.2) is 48.4 Å². The summed E-state index contributed by atoms with van der Waals surface area (Å²) in [5, 5.41) is 12.4. The minimum absolute atomic E-state index is 0.112. The van der Waals surface area contributed by atoms with Crippen molar-refractivity contribution in [3.63, 3.8) is 0 Å². The molecule has 0 aliphatic carbocycles. The maximum absolute atomic E-state index is 11.0. The number of hydrogen-bond donors (Lipinski definition) is 2. The number of nitrogens with one attached hydrogen (secondary N) is 1. The molecule has 1 aromatic carbocycles. The molecule has 2 unspecified atom stereocenters. The van der Waals surface area contributed by atoms with Gasteiger partial charge in [-0.2, -0.15) is 0 Å². The Morgan fingerprint density at radius 3 is 2.71 bits per heavy atom. The molecule has 0 saturated carbocycles. The Hall–Kier alpha value is -1.43. The number of aliphatic carboxylic acids is 1. The van der Waals surface area contributed by atoms with E-state index >= 15 is 0 Å². The third kappa shape index (κ3) is 4.27. The van der Waals surface area contributed by atoms with Gasteiger partial charge in [0.25, 0.3) is 0 Å². The molecule has 1 fully saturated rings. The molecule has 21 heavy (non-hydrogen) atoms. The molecule has 1 aliphatic rings. The summed E-state index contributed by atoms with van der Waals surface area (Å²) in [6.07, 6.45) is 0.112. The van der Waals surface area contributed by atoms with Crippen molar-refractivity contribution < 1.29 is 14.6 Å². The first-order valence-corrected chi connectivity index (χ1v) is 7.49. The quantitative estimate of drug-likeness (QED) is 0.834. The number of rotatable bonds is 6. The first kappa shape index (κ1) is 15.9. The van der Waals surface area contributed by atoms with Gasteiger partial charge in [-0.15, -0.1) is 0 Å². The highest BCUT2D eigenvalue weighted by molar-refractivity contribution is 5.75.